The molecule has 0 spiro atoms. The molecule has 1 N–H and O–H groups in total. The molecule has 0 fully saturated rings. The van der Waals surface area contributed by atoms with Crippen molar-refractivity contribution in [3.63, 3.8) is 0 Å². The van der Waals surface area contributed by atoms with Crippen LogP contribution in [0.5, 0.6) is 0 Å². The number of benzene rings is 1. The van der Waals surface area contributed by atoms with Gasteiger partial charge in [-0.25, -0.2) is 4.98 Å². The van der Waals surface area contributed by atoms with Gasteiger partial charge in [-0.1, -0.05) is 31.2 Å². The van der Waals surface area contributed by atoms with Crippen molar-refractivity contribution in [3.8, 4) is 10.6 Å². The summed E-state index contributed by atoms with van der Waals surface area (Å²) in [5.41, 5.74) is 3.80. The smallest absolute Gasteiger partial charge is 0.271 e. The molecule has 0 radical (unpaired) electrons. The minimum Gasteiger partial charge on any atom is -0.347 e. The Morgan fingerprint density at radius 1 is 1.09 bits per heavy atom. The zero-order valence-electron chi connectivity index (χ0n) is 12.8. The summed E-state index contributed by atoms with van der Waals surface area (Å²) < 4.78 is 0. The molecule has 2 heterocycles. The van der Waals surface area contributed by atoms with E-state index in [1.807, 2.05) is 24.3 Å². The zero-order valence-corrected chi connectivity index (χ0v) is 13.6. The van der Waals surface area contributed by atoms with Crippen LogP contribution in [0.15, 0.2) is 54.2 Å². The standard InChI is InChI=1S/C18H17N3OS/c1-2-13-3-5-14(6-4-13)11-20-17(22)16-12-23-18(21-16)15-7-9-19-10-8-15/h3-10,12H,2,11H2,1H3,(H,20,22). The summed E-state index contributed by atoms with van der Waals surface area (Å²) in [6.07, 6.45) is 4.45. The lowest BCUT2D eigenvalue weighted by Crippen LogP contribution is -2.23. The lowest BCUT2D eigenvalue weighted by Gasteiger charge is -2.04. The van der Waals surface area contributed by atoms with E-state index in [0.29, 0.717) is 12.2 Å². The van der Waals surface area contributed by atoms with Gasteiger partial charge < -0.3 is 5.32 Å². The van der Waals surface area contributed by atoms with Gasteiger partial charge in [-0.3, -0.25) is 9.78 Å². The van der Waals surface area contributed by atoms with Crippen molar-refractivity contribution in [1.29, 1.82) is 0 Å². The molecule has 3 aromatic rings. The predicted octanol–water partition coefficient (Wildman–Crippen LogP) is 3.70. The molecule has 23 heavy (non-hydrogen) atoms. The minimum atomic E-state index is -0.152. The maximum atomic E-state index is 12.2. The molecule has 0 saturated heterocycles. The van der Waals surface area contributed by atoms with Gasteiger partial charge >= 0.3 is 0 Å². The number of amides is 1. The quantitative estimate of drug-likeness (QED) is 0.779. The van der Waals surface area contributed by atoms with Gasteiger partial charge in [-0.2, -0.15) is 0 Å². The SMILES string of the molecule is CCc1ccc(CNC(=O)c2csc(-c3ccncc3)n2)cc1. The van der Waals surface area contributed by atoms with Crippen LogP contribution in [-0.4, -0.2) is 15.9 Å². The van der Waals surface area contributed by atoms with Crippen LogP contribution >= 0.6 is 11.3 Å². The van der Waals surface area contributed by atoms with Crippen LogP contribution in [0.25, 0.3) is 10.6 Å². The summed E-state index contributed by atoms with van der Waals surface area (Å²) >= 11 is 1.46. The molecular weight excluding hydrogens is 306 g/mol. The number of hydrogen-bond acceptors (Lipinski definition) is 4. The third-order valence-corrected chi connectivity index (χ3v) is 4.44. The van der Waals surface area contributed by atoms with E-state index in [0.717, 1.165) is 22.6 Å². The highest BCUT2D eigenvalue weighted by Crippen LogP contribution is 2.22. The number of aromatic nitrogens is 2. The van der Waals surface area contributed by atoms with Crippen molar-refractivity contribution in [2.45, 2.75) is 19.9 Å². The van der Waals surface area contributed by atoms with Crippen LogP contribution in [0.1, 0.15) is 28.5 Å². The molecule has 116 valence electrons. The van der Waals surface area contributed by atoms with Crippen molar-refractivity contribution in [2.24, 2.45) is 0 Å². The maximum Gasteiger partial charge on any atom is 0.271 e. The Labute approximate surface area is 139 Å². The Kier molecular flexibility index (Phi) is 4.78. The molecule has 2 aromatic heterocycles. The van der Waals surface area contributed by atoms with E-state index >= 15 is 0 Å². The van der Waals surface area contributed by atoms with E-state index in [2.05, 4.69) is 34.3 Å². The molecule has 0 aliphatic rings. The Bertz CT molecular complexity index is 782. The number of rotatable bonds is 5. The van der Waals surface area contributed by atoms with Crippen LogP contribution < -0.4 is 5.32 Å². The number of hydrogen-bond donors (Lipinski definition) is 1. The normalized spacial score (nSPS) is 10.5. The van der Waals surface area contributed by atoms with Gasteiger partial charge in [0, 0.05) is 29.9 Å². The second kappa shape index (κ2) is 7.15. The Morgan fingerprint density at radius 3 is 2.48 bits per heavy atom. The van der Waals surface area contributed by atoms with Crippen LogP contribution in [0.3, 0.4) is 0 Å². The molecule has 0 atom stereocenters. The molecule has 0 aliphatic carbocycles. The van der Waals surface area contributed by atoms with Crippen molar-refractivity contribution in [3.05, 3.63) is 71.0 Å². The average molecular weight is 323 g/mol. The largest absolute Gasteiger partial charge is 0.347 e. The maximum absolute atomic E-state index is 12.2. The van der Waals surface area contributed by atoms with Crippen molar-refractivity contribution < 1.29 is 4.79 Å². The minimum absolute atomic E-state index is 0.152. The Morgan fingerprint density at radius 2 is 1.78 bits per heavy atom. The summed E-state index contributed by atoms with van der Waals surface area (Å²) in [5.74, 6) is -0.152. The highest BCUT2D eigenvalue weighted by atomic mass is 32.1. The van der Waals surface area contributed by atoms with E-state index in [4.69, 9.17) is 0 Å². The van der Waals surface area contributed by atoms with Gasteiger partial charge in [0.1, 0.15) is 10.7 Å². The van der Waals surface area contributed by atoms with E-state index < -0.39 is 0 Å². The van der Waals surface area contributed by atoms with Crippen molar-refractivity contribution >= 4 is 17.2 Å². The second-order valence-electron chi connectivity index (χ2n) is 5.13. The van der Waals surface area contributed by atoms with Gasteiger partial charge in [-0.05, 0) is 29.7 Å². The summed E-state index contributed by atoms with van der Waals surface area (Å²) in [6.45, 7) is 2.63. The molecule has 3 rings (SSSR count). The van der Waals surface area contributed by atoms with E-state index in [-0.39, 0.29) is 5.91 Å². The first-order chi connectivity index (χ1) is 11.3. The predicted molar refractivity (Wildman–Crippen MR) is 92.3 cm³/mol. The van der Waals surface area contributed by atoms with Gasteiger partial charge in [0.15, 0.2) is 0 Å². The number of thiazole rings is 1. The highest BCUT2D eigenvalue weighted by molar-refractivity contribution is 7.13. The van der Waals surface area contributed by atoms with E-state index in [1.165, 1.54) is 16.9 Å². The zero-order chi connectivity index (χ0) is 16.1. The fourth-order valence-electron chi connectivity index (χ4n) is 2.17. The summed E-state index contributed by atoms with van der Waals surface area (Å²) in [4.78, 5) is 20.6. The molecule has 0 aliphatic heterocycles. The van der Waals surface area contributed by atoms with Crippen molar-refractivity contribution in [1.82, 2.24) is 15.3 Å². The Balaban J connectivity index is 1.63. The molecule has 5 heteroatoms. The molecule has 1 aromatic carbocycles. The number of carbonyl (C=O) groups is 1. The number of pyridine rings is 1. The molecule has 1 amide bonds. The fourth-order valence-corrected chi connectivity index (χ4v) is 2.98. The van der Waals surface area contributed by atoms with Crippen LogP contribution in [0.4, 0.5) is 0 Å². The third-order valence-electron chi connectivity index (χ3n) is 3.55. The Hall–Kier alpha value is -2.53. The number of nitrogens with zero attached hydrogens (tertiary/aromatic N) is 2. The van der Waals surface area contributed by atoms with Crippen LogP contribution in [0, 0.1) is 0 Å². The fraction of sp³-hybridized carbons (Fsp3) is 0.167. The van der Waals surface area contributed by atoms with Gasteiger partial charge in [-0.15, -0.1) is 11.3 Å². The summed E-state index contributed by atoms with van der Waals surface area (Å²) in [7, 11) is 0. The summed E-state index contributed by atoms with van der Waals surface area (Å²) in [6, 6.07) is 12.0. The monoisotopic (exact) mass is 323 g/mol. The third kappa shape index (κ3) is 3.81. The van der Waals surface area contributed by atoms with Gasteiger partial charge in [0.2, 0.25) is 0 Å². The molecule has 4 nitrogen and oxygen atoms in total. The van der Waals surface area contributed by atoms with Crippen LogP contribution in [-0.2, 0) is 13.0 Å². The van der Waals surface area contributed by atoms with Crippen molar-refractivity contribution in [2.75, 3.05) is 0 Å². The summed E-state index contributed by atoms with van der Waals surface area (Å²) in [5, 5.41) is 5.52. The molecule has 0 unspecified atom stereocenters. The number of aryl methyl sites for hydroxylation is 1. The topological polar surface area (TPSA) is 54.9 Å². The highest BCUT2D eigenvalue weighted by Gasteiger charge is 2.11. The lowest BCUT2D eigenvalue weighted by molar-refractivity contribution is 0.0946. The number of carbonyl (C=O) groups excluding carboxylic acids is 1. The van der Waals surface area contributed by atoms with E-state index in [1.54, 1.807) is 17.8 Å². The van der Waals surface area contributed by atoms with Crippen LogP contribution in [0.2, 0.25) is 0 Å². The molecule has 0 bridgehead atoms. The second-order valence-corrected chi connectivity index (χ2v) is 5.98. The molecular formula is C18H17N3OS. The van der Waals surface area contributed by atoms with Gasteiger partial charge in [0.25, 0.3) is 5.91 Å². The first kappa shape index (κ1) is 15.4. The first-order valence-corrected chi connectivity index (χ1v) is 8.36. The average Bonchev–Trinajstić information content (AvgIpc) is 3.11. The lowest BCUT2D eigenvalue weighted by atomic mass is 10.1. The number of nitrogens with one attached hydrogen (secondary N) is 1. The first-order valence-electron chi connectivity index (χ1n) is 7.48. The van der Waals surface area contributed by atoms with E-state index in [9.17, 15) is 4.79 Å². The van der Waals surface area contributed by atoms with Gasteiger partial charge in [0.05, 0.1) is 0 Å². The molecule has 0 saturated carbocycles.